The smallest absolute Gasteiger partial charge is 0.189 e. The quantitative estimate of drug-likeness (QED) is 0.554. The Balaban J connectivity index is 2.80. The van der Waals surface area contributed by atoms with Gasteiger partial charge in [-0.1, -0.05) is 13.8 Å². The second-order valence-electron chi connectivity index (χ2n) is 5.69. The molecule has 1 aliphatic heterocycles. The van der Waals surface area contributed by atoms with Crippen LogP contribution in [0.2, 0.25) is 0 Å². The van der Waals surface area contributed by atoms with Crippen molar-refractivity contribution >= 4 is 26.1 Å². The fraction of sp³-hybridized carbons (Fsp3) is 1.00. The lowest BCUT2D eigenvalue weighted by Gasteiger charge is -2.29. The van der Waals surface area contributed by atoms with Crippen LogP contribution in [0, 0.1) is 0 Å². The van der Waals surface area contributed by atoms with Crippen molar-refractivity contribution in [1.82, 2.24) is 0 Å². The zero-order valence-electron chi connectivity index (χ0n) is 13.1. The Bertz CT molecular complexity index is 355. The molecule has 0 spiro atoms. The first-order valence-electron chi connectivity index (χ1n) is 6.99. The van der Waals surface area contributed by atoms with Gasteiger partial charge in [-0.3, -0.25) is 0 Å². The van der Waals surface area contributed by atoms with Gasteiger partial charge >= 0.3 is 0 Å². The second-order valence-corrected chi connectivity index (χ2v) is 9.63. The summed E-state index contributed by atoms with van der Waals surface area (Å²) >= 11 is 5.22. The molecule has 8 heteroatoms. The second kappa shape index (κ2) is 7.68. The van der Waals surface area contributed by atoms with Gasteiger partial charge in [-0.05, 0) is 25.7 Å². The molecule has 1 fully saturated rings. The first kappa shape index (κ1) is 18.6. The average Bonchev–Trinajstić information content (AvgIpc) is 2.61. The largest absolute Gasteiger partial charge is 0.377 e. The first-order valence-corrected chi connectivity index (χ1v) is 9.74. The van der Waals surface area contributed by atoms with Crippen LogP contribution in [0.15, 0.2) is 0 Å². The lowest BCUT2D eigenvalue weighted by atomic mass is 9.93. The van der Waals surface area contributed by atoms with Crippen molar-refractivity contribution in [3.63, 3.8) is 0 Å². The zero-order chi connectivity index (χ0) is 15.5. The van der Waals surface area contributed by atoms with Gasteiger partial charge in [0.2, 0.25) is 0 Å². The van der Waals surface area contributed by atoms with Crippen LogP contribution in [-0.2, 0) is 30.5 Å². The van der Waals surface area contributed by atoms with Gasteiger partial charge in [-0.15, -0.1) is 0 Å². The maximum Gasteiger partial charge on any atom is 0.189 e. The predicted octanol–water partition coefficient (Wildman–Crippen LogP) is 0.880. The van der Waals surface area contributed by atoms with Gasteiger partial charge in [0, 0.05) is 12.8 Å². The molecule has 1 N–H and O–H groups in total. The summed E-state index contributed by atoms with van der Waals surface area (Å²) in [5.41, 5.74) is -0.0995. The normalized spacial score (nSPS) is 33.8. The summed E-state index contributed by atoms with van der Waals surface area (Å²) in [6, 6.07) is -0.118. The monoisotopic (exact) mass is 324 g/mol. The van der Waals surface area contributed by atoms with Crippen molar-refractivity contribution in [1.29, 1.82) is 0 Å². The highest BCUT2D eigenvalue weighted by atomic mass is 32.5. The summed E-state index contributed by atoms with van der Waals surface area (Å²) in [5, 5.41) is 0. The Morgan fingerprint density at radius 2 is 1.90 bits per heavy atom. The highest BCUT2D eigenvalue weighted by Gasteiger charge is 2.46. The number of methoxy groups -OCH3 is 1. The molecule has 20 heavy (non-hydrogen) atoms. The standard InChI is InChI=1S/C12H26BO5PS/c1-7(2)16-6-9-10(11(15-5)12(13)17-9)18-19(14,20)8(3)4/h7-12H,6,13H2,1-5H3,(H,14,20)/t9-,10-,11-,12-,19?/m1/s1. The first-order chi connectivity index (χ1) is 9.19. The molecule has 118 valence electrons. The molecule has 0 aromatic heterocycles. The Morgan fingerprint density at radius 3 is 2.35 bits per heavy atom. The molecule has 1 aliphatic rings. The van der Waals surface area contributed by atoms with Crippen molar-refractivity contribution in [3.8, 4) is 0 Å². The van der Waals surface area contributed by atoms with E-state index in [1.165, 1.54) is 0 Å². The SMILES string of the molecule is B[C@@H]1O[C@H](COC(C)C)[C@@H](OP(O)(=S)C(C)C)[C@H]1OC. The molecule has 0 bridgehead atoms. The Kier molecular flexibility index (Phi) is 7.13. The van der Waals surface area contributed by atoms with E-state index in [0.717, 1.165) is 0 Å². The van der Waals surface area contributed by atoms with Crippen LogP contribution in [-0.4, -0.2) is 62.5 Å². The molecule has 0 radical (unpaired) electrons. The fourth-order valence-corrected chi connectivity index (χ4v) is 3.23. The third kappa shape index (κ3) is 4.77. The van der Waals surface area contributed by atoms with Gasteiger partial charge < -0.3 is 23.6 Å². The molecule has 1 unspecified atom stereocenters. The summed E-state index contributed by atoms with van der Waals surface area (Å²) in [7, 11) is 3.54. The van der Waals surface area contributed by atoms with Gasteiger partial charge in [0.05, 0.1) is 18.7 Å². The third-order valence-electron chi connectivity index (χ3n) is 3.33. The van der Waals surface area contributed by atoms with E-state index in [1.54, 1.807) is 7.11 Å². The Hall–Kier alpha value is 0.515. The lowest BCUT2D eigenvalue weighted by Crippen LogP contribution is -2.38. The van der Waals surface area contributed by atoms with Gasteiger partial charge in [0.15, 0.2) is 6.49 Å². The van der Waals surface area contributed by atoms with E-state index in [1.807, 2.05) is 35.5 Å². The van der Waals surface area contributed by atoms with Gasteiger partial charge in [-0.25, -0.2) is 0 Å². The fourth-order valence-electron chi connectivity index (χ4n) is 2.08. The molecule has 0 aromatic carbocycles. The van der Waals surface area contributed by atoms with Crippen molar-refractivity contribution in [3.05, 3.63) is 0 Å². The van der Waals surface area contributed by atoms with E-state index in [9.17, 15) is 4.89 Å². The van der Waals surface area contributed by atoms with Gasteiger partial charge in [-0.2, -0.15) is 0 Å². The predicted molar refractivity (Wildman–Crippen MR) is 85.6 cm³/mol. The Labute approximate surface area is 127 Å². The van der Waals surface area contributed by atoms with Crippen molar-refractivity contribution in [2.45, 2.75) is 63.8 Å². The van der Waals surface area contributed by atoms with Crippen molar-refractivity contribution in [2.24, 2.45) is 0 Å². The van der Waals surface area contributed by atoms with Crippen molar-refractivity contribution < 1.29 is 23.6 Å². The van der Waals surface area contributed by atoms with Crippen LogP contribution in [0.25, 0.3) is 0 Å². The molecule has 1 rings (SSSR count). The van der Waals surface area contributed by atoms with E-state index >= 15 is 0 Å². The summed E-state index contributed by atoms with van der Waals surface area (Å²) in [4.78, 5) is 10.3. The van der Waals surface area contributed by atoms with Crippen LogP contribution < -0.4 is 0 Å². The number of ether oxygens (including phenoxy) is 3. The van der Waals surface area contributed by atoms with Crippen LogP contribution in [0.3, 0.4) is 0 Å². The maximum absolute atomic E-state index is 10.3. The lowest BCUT2D eigenvalue weighted by molar-refractivity contribution is -0.0433. The van der Waals surface area contributed by atoms with Crippen LogP contribution in [0.4, 0.5) is 0 Å². The molecule has 1 heterocycles. The highest BCUT2D eigenvalue weighted by Crippen LogP contribution is 2.50. The molecule has 0 saturated carbocycles. The Morgan fingerprint density at radius 1 is 1.30 bits per heavy atom. The van der Waals surface area contributed by atoms with E-state index < -0.39 is 12.6 Å². The van der Waals surface area contributed by atoms with Gasteiger partial charge in [0.1, 0.15) is 26.2 Å². The minimum atomic E-state index is -2.86. The van der Waals surface area contributed by atoms with Gasteiger partial charge in [0.25, 0.3) is 0 Å². The number of hydrogen-bond acceptors (Lipinski definition) is 5. The molecule has 0 aromatic rings. The maximum atomic E-state index is 10.3. The zero-order valence-corrected chi connectivity index (χ0v) is 14.8. The molecular formula is C12H26BO5PS. The molecule has 0 amide bonds. The summed E-state index contributed by atoms with van der Waals surface area (Å²) in [5.74, 6) is 0. The van der Waals surface area contributed by atoms with E-state index in [-0.39, 0.29) is 30.0 Å². The third-order valence-corrected chi connectivity index (χ3v) is 6.71. The van der Waals surface area contributed by atoms with Crippen LogP contribution in [0.5, 0.6) is 0 Å². The summed E-state index contributed by atoms with van der Waals surface area (Å²) in [6.45, 7) is 5.20. The molecule has 0 aliphatic carbocycles. The molecule has 5 nitrogen and oxygen atoms in total. The molecule has 5 atom stereocenters. The highest BCUT2D eigenvalue weighted by molar-refractivity contribution is 8.09. The van der Waals surface area contributed by atoms with Crippen LogP contribution >= 0.6 is 6.49 Å². The molecule has 1 saturated heterocycles. The van der Waals surface area contributed by atoms with E-state index in [4.69, 9.17) is 30.5 Å². The number of hydrogen-bond donors (Lipinski definition) is 1. The van der Waals surface area contributed by atoms with Crippen molar-refractivity contribution in [2.75, 3.05) is 13.7 Å². The topological polar surface area (TPSA) is 57.2 Å². The summed E-state index contributed by atoms with van der Waals surface area (Å²) < 4.78 is 22.7. The molecular weight excluding hydrogens is 298 g/mol. The van der Waals surface area contributed by atoms with E-state index in [0.29, 0.717) is 6.61 Å². The minimum Gasteiger partial charge on any atom is -0.377 e. The summed E-state index contributed by atoms with van der Waals surface area (Å²) in [6.07, 6.45) is -0.806. The average molecular weight is 324 g/mol. The minimum absolute atomic E-state index is 0.0995. The number of rotatable bonds is 7. The van der Waals surface area contributed by atoms with E-state index in [2.05, 4.69) is 0 Å². The van der Waals surface area contributed by atoms with Crippen LogP contribution in [0.1, 0.15) is 27.7 Å².